The van der Waals surface area contributed by atoms with E-state index in [1.165, 1.54) is 17.3 Å². The second-order valence-electron chi connectivity index (χ2n) is 5.20. The summed E-state index contributed by atoms with van der Waals surface area (Å²) in [6, 6.07) is 15.5. The van der Waals surface area contributed by atoms with Crippen LogP contribution in [0.3, 0.4) is 0 Å². The lowest BCUT2D eigenvalue weighted by molar-refractivity contribution is -0.113. The molecule has 2 rings (SSSR count). The summed E-state index contributed by atoms with van der Waals surface area (Å²) in [5, 5.41) is 5.98. The normalized spacial score (nSPS) is 10.1. The van der Waals surface area contributed by atoms with E-state index in [1.54, 1.807) is 13.2 Å². The van der Waals surface area contributed by atoms with Crippen LogP contribution in [0.15, 0.2) is 48.5 Å². The van der Waals surface area contributed by atoms with Gasteiger partial charge in [0, 0.05) is 18.3 Å². The third kappa shape index (κ3) is 6.22. The van der Waals surface area contributed by atoms with Gasteiger partial charge >= 0.3 is 0 Å². The minimum Gasteiger partial charge on any atom is -0.497 e. The number of carbonyl (C=O) groups is 1. The van der Waals surface area contributed by atoms with Gasteiger partial charge in [-0.05, 0) is 24.6 Å². The summed E-state index contributed by atoms with van der Waals surface area (Å²) in [6.07, 6.45) is 0. The van der Waals surface area contributed by atoms with E-state index in [0.717, 1.165) is 5.56 Å². The van der Waals surface area contributed by atoms with Gasteiger partial charge in [-0.15, -0.1) is 0 Å². The Balaban J connectivity index is 1.72. The fourth-order valence-electron chi connectivity index (χ4n) is 1.96. The summed E-state index contributed by atoms with van der Waals surface area (Å²) in [4.78, 5) is 12.0. The molecule has 0 aliphatic carbocycles. The minimum absolute atomic E-state index is 0.104. The number of thioether (sulfide) groups is 1. The van der Waals surface area contributed by atoms with Crippen LogP contribution in [0.4, 0.5) is 5.69 Å². The number of methoxy groups -OCH3 is 1. The molecule has 2 aromatic rings. The Morgan fingerprint density at radius 2 is 1.96 bits per heavy atom. The van der Waals surface area contributed by atoms with Crippen LogP contribution in [-0.4, -0.2) is 23.1 Å². The van der Waals surface area contributed by atoms with Gasteiger partial charge in [-0.25, -0.2) is 0 Å². The molecule has 126 valence electrons. The average molecular weight is 361 g/mol. The van der Waals surface area contributed by atoms with Gasteiger partial charge < -0.3 is 15.4 Å². The number of carbonyl (C=O) groups excluding carboxylic acids is 1. The van der Waals surface area contributed by atoms with Crippen molar-refractivity contribution in [2.24, 2.45) is 0 Å². The van der Waals surface area contributed by atoms with Crippen molar-refractivity contribution in [3.8, 4) is 5.75 Å². The molecule has 0 saturated carbocycles. The summed E-state index contributed by atoms with van der Waals surface area (Å²) in [6.45, 7) is 2.71. The van der Waals surface area contributed by atoms with Crippen LogP contribution >= 0.6 is 24.0 Å². The molecular weight excluding hydrogens is 340 g/mol. The van der Waals surface area contributed by atoms with Gasteiger partial charge in [-0.2, -0.15) is 0 Å². The number of nitrogens with one attached hydrogen (secondary N) is 2. The van der Waals surface area contributed by atoms with Crippen molar-refractivity contribution in [3.05, 3.63) is 59.7 Å². The highest BCUT2D eigenvalue weighted by atomic mass is 32.2. The highest BCUT2D eigenvalue weighted by Crippen LogP contribution is 2.17. The molecule has 0 bridgehead atoms. The summed E-state index contributed by atoms with van der Waals surface area (Å²) >= 11 is 6.57. The lowest BCUT2D eigenvalue weighted by Gasteiger charge is -2.09. The second kappa shape index (κ2) is 9.30. The predicted octanol–water partition coefficient (Wildman–Crippen LogP) is 3.75. The van der Waals surface area contributed by atoms with Crippen molar-refractivity contribution in [3.63, 3.8) is 0 Å². The van der Waals surface area contributed by atoms with Crippen molar-refractivity contribution in [1.29, 1.82) is 0 Å². The summed E-state index contributed by atoms with van der Waals surface area (Å²) in [5.74, 6) is 0.861. The highest BCUT2D eigenvalue weighted by molar-refractivity contribution is 8.23. The lowest BCUT2D eigenvalue weighted by Crippen LogP contribution is -2.21. The maximum absolute atomic E-state index is 12.0. The van der Waals surface area contributed by atoms with Gasteiger partial charge in [0.1, 0.15) is 10.1 Å². The lowest BCUT2D eigenvalue weighted by atomic mass is 10.1. The molecule has 0 atom stereocenters. The number of rotatable bonds is 6. The summed E-state index contributed by atoms with van der Waals surface area (Å²) < 4.78 is 5.74. The van der Waals surface area contributed by atoms with Gasteiger partial charge in [0.05, 0.1) is 12.9 Å². The Kier molecular flexibility index (Phi) is 7.08. The van der Waals surface area contributed by atoms with Crippen LogP contribution in [0.2, 0.25) is 0 Å². The van der Waals surface area contributed by atoms with Crippen molar-refractivity contribution in [2.75, 3.05) is 18.2 Å². The standard InChI is InChI=1S/C18H20N2O2S2/c1-13-6-8-14(9-7-13)11-19-18(23)24-12-17(21)20-15-4-3-5-16(10-15)22-2/h3-10H,11-12H2,1-2H3,(H,19,23)(H,20,21). The monoisotopic (exact) mass is 360 g/mol. The zero-order chi connectivity index (χ0) is 17.4. The topological polar surface area (TPSA) is 50.4 Å². The molecule has 0 unspecified atom stereocenters. The SMILES string of the molecule is COc1cccc(NC(=O)CSC(=S)NCc2ccc(C)cc2)c1. The Bertz CT molecular complexity index is 702. The van der Waals surface area contributed by atoms with Crippen LogP contribution in [0, 0.1) is 6.92 Å². The summed E-state index contributed by atoms with van der Waals surface area (Å²) in [7, 11) is 1.59. The number of aryl methyl sites for hydroxylation is 1. The van der Waals surface area contributed by atoms with E-state index in [2.05, 4.69) is 41.8 Å². The number of thiocarbonyl (C=S) groups is 1. The zero-order valence-electron chi connectivity index (χ0n) is 13.7. The van der Waals surface area contributed by atoms with Gasteiger partial charge in [0.2, 0.25) is 5.91 Å². The number of amides is 1. The van der Waals surface area contributed by atoms with E-state index < -0.39 is 0 Å². The number of hydrogen-bond acceptors (Lipinski definition) is 4. The maximum Gasteiger partial charge on any atom is 0.234 e. The second-order valence-corrected chi connectivity index (χ2v) is 6.85. The number of benzene rings is 2. The van der Waals surface area contributed by atoms with Crippen molar-refractivity contribution in [1.82, 2.24) is 5.32 Å². The fraction of sp³-hybridized carbons (Fsp3) is 0.222. The van der Waals surface area contributed by atoms with Crippen LogP contribution < -0.4 is 15.4 Å². The largest absolute Gasteiger partial charge is 0.497 e. The van der Waals surface area contributed by atoms with Crippen molar-refractivity contribution in [2.45, 2.75) is 13.5 Å². The van der Waals surface area contributed by atoms with Crippen LogP contribution in [-0.2, 0) is 11.3 Å². The molecule has 2 N–H and O–H groups in total. The van der Waals surface area contributed by atoms with E-state index in [1.807, 2.05) is 18.2 Å². The van der Waals surface area contributed by atoms with Crippen molar-refractivity contribution >= 4 is 39.9 Å². The maximum atomic E-state index is 12.0. The van der Waals surface area contributed by atoms with Crippen LogP contribution in [0.1, 0.15) is 11.1 Å². The summed E-state index contributed by atoms with van der Waals surface area (Å²) in [5.41, 5.74) is 3.09. The molecule has 4 nitrogen and oxygen atoms in total. The van der Waals surface area contributed by atoms with E-state index in [-0.39, 0.29) is 11.7 Å². The highest BCUT2D eigenvalue weighted by Gasteiger charge is 2.06. The third-order valence-corrected chi connectivity index (χ3v) is 4.56. The molecule has 6 heteroatoms. The quantitative estimate of drug-likeness (QED) is 0.769. The predicted molar refractivity (Wildman–Crippen MR) is 105 cm³/mol. The Hall–Kier alpha value is -2.05. The molecular formula is C18H20N2O2S2. The molecule has 0 saturated heterocycles. The van der Waals surface area contributed by atoms with Gasteiger partial charge in [-0.1, -0.05) is 59.9 Å². The van der Waals surface area contributed by atoms with Crippen LogP contribution in [0.25, 0.3) is 0 Å². The number of anilines is 1. The Morgan fingerprint density at radius 1 is 1.21 bits per heavy atom. The number of ether oxygens (including phenoxy) is 1. The average Bonchev–Trinajstić information content (AvgIpc) is 2.59. The molecule has 1 amide bonds. The zero-order valence-corrected chi connectivity index (χ0v) is 15.3. The van der Waals surface area contributed by atoms with Crippen LogP contribution in [0.5, 0.6) is 5.75 Å². The first kappa shape index (κ1) is 18.3. The smallest absolute Gasteiger partial charge is 0.234 e. The Morgan fingerprint density at radius 3 is 2.67 bits per heavy atom. The van der Waals surface area contributed by atoms with Crippen molar-refractivity contribution < 1.29 is 9.53 Å². The van der Waals surface area contributed by atoms with Gasteiger partial charge in [0.25, 0.3) is 0 Å². The molecule has 0 aromatic heterocycles. The molecule has 0 aliphatic heterocycles. The molecule has 0 heterocycles. The van der Waals surface area contributed by atoms with Gasteiger partial charge in [-0.3, -0.25) is 4.79 Å². The third-order valence-electron chi connectivity index (χ3n) is 3.25. The van der Waals surface area contributed by atoms with E-state index >= 15 is 0 Å². The fourth-order valence-corrected chi connectivity index (χ4v) is 2.72. The Labute approximate surface area is 152 Å². The first-order valence-electron chi connectivity index (χ1n) is 7.47. The minimum atomic E-state index is -0.104. The molecule has 0 fully saturated rings. The first-order chi connectivity index (χ1) is 11.6. The first-order valence-corrected chi connectivity index (χ1v) is 8.86. The van der Waals surface area contributed by atoms with E-state index in [4.69, 9.17) is 17.0 Å². The molecule has 24 heavy (non-hydrogen) atoms. The molecule has 2 aromatic carbocycles. The van der Waals surface area contributed by atoms with Gasteiger partial charge in [0.15, 0.2) is 0 Å². The number of hydrogen-bond donors (Lipinski definition) is 2. The molecule has 0 spiro atoms. The molecule has 0 aliphatic rings. The van der Waals surface area contributed by atoms with E-state index in [9.17, 15) is 4.79 Å². The van der Waals surface area contributed by atoms with E-state index in [0.29, 0.717) is 22.3 Å². The molecule has 0 radical (unpaired) electrons.